The predicted molar refractivity (Wildman–Crippen MR) is 125 cm³/mol. The minimum absolute atomic E-state index is 0. The third-order valence-electron chi connectivity index (χ3n) is 6.00. The van der Waals surface area contributed by atoms with Crippen molar-refractivity contribution in [3.8, 4) is 0 Å². The fourth-order valence-corrected chi connectivity index (χ4v) is 4.07. The lowest BCUT2D eigenvalue weighted by molar-refractivity contribution is 0.0642. The normalized spacial score (nSPS) is 16.5. The maximum atomic E-state index is 13.5. The molecule has 0 atom stereocenters. The Balaban J connectivity index is 0.00000306. The molecular weight excluding hydrogens is 447 g/mol. The molecule has 2 aromatic carbocycles. The first-order chi connectivity index (χ1) is 15.4. The number of carbonyl (C=O) groups is 3. The Morgan fingerprint density at radius 2 is 1.73 bits per heavy atom. The Bertz CT molecular complexity index is 1040. The number of amides is 3. The van der Waals surface area contributed by atoms with E-state index in [-0.39, 0.29) is 36.0 Å². The van der Waals surface area contributed by atoms with E-state index < -0.39 is 17.6 Å². The molecule has 2 heterocycles. The Labute approximate surface area is 198 Å². The summed E-state index contributed by atoms with van der Waals surface area (Å²) in [7, 11) is 2.12. The molecule has 0 aromatic heterocycles. The summed E-state index contributed by atoms with van der Waals surface area (Å²) in [6, 6.07) is 10.3. The molecule has 1 N–H and O–H groups in total. The first-order valence-corrected chi connectivity index (χ1v) is 10.9. The summed E-state index contributed by atoms with van der Waals surface area (Å²) in [5.74, 6) is -1.60. The molecule has 0 spiro atoms. The van der Waals surface area contributed by atoms with Crippen molar-refractivity contribution in [1.82, 2.24) is 20.0 Å². The molecule has 0 unspecified atom stereocenters. The van der Waals surface area contributed by atoms with Gasteiger partial charge in [0.05, 0.1) is 17.7 Å². The molecule has 3 amide bonds. The van der Waals surface area contributed by atoms with Crippen LogP contribution in [0, 0.1) is 5.82 Å². The van der Waals surface area contributed by atoms with Gasteiger partial charge in [0.1, 0.15) is 5.82 Å². The van der Waals surface area contributed by atoms with Gasteiger partial charge in [-0.25, -0.2) is 4.39 Å². The summed E-state index contributed by atoms with van der Waals surface area (Å²) in [4.78, 5) is 43.8. The van der Waals surface area contributed by atoms with Gasteiger partial charge in [-0.15, -0.1) is 12.4 Å². The number of nitrogens with one attached hydrogen (secondary N) is 1. The molecule has 2 aromatic rings. The Hall–Kier alpha value is -2.81. The zero-order valence-electron chi connectivity index (χ0n) is 18.6. The first-order valence-electron chi connectivity index (χ1n) is 10.9. The van der Waals surface area contributed by atoms with E-state index in [9.17, 15) is 18.8 Å². The number of likely N-dealkylation sites (N-methyl/N-ethyl adjacent to an activating group) is 1. The van der Waals surface area contributed by atoms with Gasteiger partial charge in [-0.1, -0.05) is 12.1 Å². The van der Waals surface area contributed by atoms with Gasteiger partial charge in [0.25, 0.3) is 17.7 Å². The molecule has 33 heavy (non-hydrogen) atoms. The topological polar surface area (TPSA) is 73.0 Å². The number of piperazine rings is 1. The molecule has 1 saturated heterocycles. The highest BCUT2D eigenvalue weighted by atomic mass is 35.5. The molecule has 9 heteroatoms. The molecule has 0 saturated carbocycles. The molecule has 176 valence electrons. The lowest BCUT2D eigenvalue weighted by Gasteiger charge is -2.32. The average molecular weight is 475 g/mol. The highest BCUT2D eigenvalue weighted by Crippen LogP contribution is 2.26. The van der Waals surface area contributed by atoms with Crippen molar-refractivity contribution < 1.29 is 18.8 Å². The van der Waals surface area contributed by atoms with E-state index in [2.05, 4.69) is 22.2 Å². The molecule has 4 rings (SSSR count). The van der Waals surface area contributed by atoms with Crippen molar-refractivity contribution >= 4 is 30.1 Å². The van der Waals surface area contributed by atoms with Crippen molar-refractivity contribution in [2.75, 3.05) is 46.3 Å². The summed E-state index contributed by atoms with van der Waals surface area (Å²) < 4.78 is 13.5. The number of nitrogens with zero attached hydrogens (tertiary/aromatic N) is 3. The van der Waals surface area contributed by atoms with Gasteiger partial charge in [0.2, 0.25) is 0 Å². The van der Waals surface area contributed by atoms with Crippen molar-refractivity contribution in [2.45, 2.75) is 13.0 Å². The molecule has 2 aliphatic rings. The molecule has 0 radical (unpaired) electrons. The highest BCUT2D eigenvalue weighted by molar-refractivity contribution is 6.22. The van der Waals surface area contributed by atoms with Crippen LogP contribution in [0.4, 0.5) is 4.39 Å². The SMILES string of the molecule is CN1CCN(CCCNC(=O)c2ccc3c(c2)C(=O)N(Cc2cccc(F)c2)C3=O)CC1.Cl. The molecule has 7 nitrogen and oxygen atoms in total. The highest BCUT2D eigenvalue weighted by Gasteiger charge is 2.36. The molecule has 0 bridgehead atoms. The van der Waals surface area contributed by atoms with Gasteiger partial charge in [0, 0.05) is 38.3 Å². The second kappa shape index (κ2) is 10.9. The van der Waals surface area contributed by atoms with Crippen LogP contribution < -0.4 is 5.32 Å². The number of imide groups is 1. The van der Waals surface area contributed by atoms with Crippen LogP contribution in [0.5, 0.6) is 0 Å². The van der Waals surface area contributed by atoms with Crippen molar-refractivity contribution in [3.05, 3.63) is 70.5 Å². The third-order valence-corrected chi connectivity index (χ3v) is 6.00. The minimum atomic E-state index is -0.473. The van der Waals surface area contributed by atoms with E-state index in [1.54, 1.807) is 12.1 Å². The number of benzene rings is 2. The number of fused-ring (bicyclic) bond motifs is 1. The van der Waals surface area contributed by atoms with Crippen LogP contribution in [-0.4, -0.2) is 78.7 Å². The quantitative estimate of drug-likeness (QED) is 0.493. The summed E-state index contributed by atoms with van der Waals surface area (Å²) >= 11 is 0. The zero-order chi connectivity index (χ0) is 22.7. The lowest BCUT2D eigenvalue weighted by Crippen LogP contribution is -2.45. The average Bonchev–Trinajstić information content (AvgIpc) is 3.02. The number of halogens is 2. The number of carbonyl (C=O) groups excluding carboxylic acids is 3. The van der Waals surface area contributed by atoms with Crippen LogP contribution in [0.3, 0.4) is 0 Å². The summed E-state index contributed by atoms with van der Waals surface area (Å²) in [6.45, 7) is 5.66. The minimum Gasteiger partial charge on any atom is -0.352 e. The van der Waals surface area contributed by atoms with Crippen LogP contribution >= 0.6 is 12.4 Å². The number of hydrogen-bond donors (Lipinski definition) is 1. The Kier molecular flexibility index (Phi) is 8.18. The van der Waals surface area contributed by atoms with E-state index in [1.165, 1.54) is 30.3 Å². The second-order valence-electron chi connectivity index (χ2n) is 8.34. The lowest BCUT2D eigenvalue weighted by atomic mass is 10.1. The maximum absolute atomic E-state index is 13.5. The third kappa shape index (κ3) is 5.76. The summed E-state index contributed by atoms with van der Waals surface area (Å²) in [5, 5.41) is 2.89. The fourth-order valence-electron chi connectivity index (χ4n) is 4.07. The molecular formula is C24H28ClFN4O3. The standard InChI is InChI=1S/C24H27FN4O3.ClH/c1-27-10-12-28(13-11-27)9-3-8-26-22(30)18-6-7-20-21(15-18)24(32)29(23(20)31)16-17-4-2-5-19(25)14-17;/h2,4-7,14-15H,3,8-13,16H2,1H3,(H,26,30);1H. The largest absolute Gasteiger partial charge is 0.352 e. The van der Waals surface area contributed by atoms with Gasteiger partial charge < -0.3 is 15.1 Å². The van der Waals surface area contributed by atoms with Crippen LogP contribution in [0.25, 0.3) is 0 Å². The number of rotatable bonds is 7. The van der Waals surface area contributed by atoms with Gasteiger partial charge in [-0.3, -0.25) is 19.3 Å². The van der Waals surface area contributed by atoms with E-state index in [0.717, 1.165) is 44.0 Å². The summed E-state index contributed by atoms with van der Waals surface area (Å²) in [6.07, 6.45) is 0.846. The van der Waals surface area contributed by atoms with Crippen molar-refractivity contribution in [2.24, 2.45) is 0 Å². The van der Waals surface area contributed by atoms with Gasteiger partial charge in [0.15, 0.2) is 0 Å². The van der Waals surface area contributed by atoms with E-state index in [4.69, 9.17) is 0 Å². The Morgan fingerprint density at radius 1 is 1.00 bits per heavy atom. The monoisotopic (exact) mass is 474 g/mol. The van der Waals surface area contributed by atoms with Crippen LogP contribution in [-0.2, 0) is 6.54 Å². The Morgan fingerprint density at radius 3 is 2.45 bits per heavy atom. The van der Waals surface area contributed by atoms with Gasteiger partial charge in [-0.05, 0) is 55.9 Å². The van der Waals surface area contributed by atoms with Crippen molar-refractivity contribution in [1.29, 1.82) is 0 Å². The molecule has 1 fully saturated rings. The zero-order valence-corrected chi connectivity index (χ0v) is 19.4. The van der Waals surface area contributed by atoms with E-state index >= 15 is 0 Å². The van der Waals surface area contributed by atoms with Gasteiger partial charge >= 0.3 is 0 Å². The second-order valence-corrected chi connectivity index (χ2v) is 8.34. The fraction of sp³-hybridized carbons (Fsp3) is 0.375. The van der Waals surface area contributed by atoms with Crippen LogP contribution in [0.2, 0.25) is 0 Å². The number of hydrogen-bond acceptors (Lipinski definition) is 5. The van der Waals surface area contributed by atoms with Gasteiger partial charge in [-0.2, -0.15) is 0 Å². The van der Waals surface area contributed by atoms with Crippen LogP contribution in [0.15, 0.2) is 42.5 Å². The summed E-state index contributed by atoms with van der Waals surface area (Å²) in [5.41, 5.74) is 1.34. The molecule has 2 aliphatic heterocycles. The van der Waals surface area contributed by atoms with E-state index in [0.29, 0.717) is 17.7 Å². The smallest absolute Gasteiger partial charge is 0.261 e. The van der Waals surface area contributed by atoms with Crippen LogP contribution in [0.1, 0.15) is 43.1 Å². The maximum Gasteiger partial charge on any atom is 0.261 e. The van der Waals surface area contributed by atoms with Crippen molar-refractivity contribution in [3.63, 3.8) is 0 Å². The predicted octanol–water partition coefficient (Wildman–Crippen LogP) is 2.41. The van der Waals surface area contributed by atoms with E-state index in [1.807, 2.05) is 0 Å². The molecule has 0 aliphatic carbocycles. The first kappa shape index (κ1) is 24.8.